The second-order valence-corrected chi connectivity index (χ2v) is 7.41. The van der Waals surface area contributed by atoms with Crippen molar-refractivity contribution in [3.63, 3.8) is 0 Å². The van der Waals surface area contributed by atoms with Crippen LogP contribution in [0, 0.1) is 5.92 Å². The Morgan fingerprint density at radius 2 is 1.73 bits per heavy atom. The molecule has 0 saturated heterocycles. The second-order valence-electron chi connectivity index (χ2n) is 3.79. The number of halogens is 4. The van der Waals surface area contributed by atoms with Crippen molar-refractivity contribution in [1.29, 1.82) is 0 Å². The third kappa shape index (κ3) is 3.47. The Hall–Kier alpha value is 0.470. The molecule has 0 aromatic rings. The zero-order valence-corrected chi connectivity index (χ0v) is 10.9. The van der Waals surface area contributed by atoms with E-state index >= 15 is 0 Å². The molecule has 0 unspecified atom stereocenters. The van der Waals surface area contributed by atoms with Crippen molar-refractivity contribution in [3.05, 3.63) is 0 Å². The molecule has 15 heavy (non-hydrogen) atoms. The van der Waals surface area contributed by atoms with Gasteiger partial charge in [0.2, 0.25) is 9.84 Å². The molecule has 0 aliphatic heterocycles. The minimum atomic E-state index is -5.10. The van der Waals surface area contributed by atoms with Gasteiger partial charge in [-0.25, -0.2) is 8.42 Å². The van der Waals surface area contributed by atoms with Gasteiger partial charge in [-0.3, -0.25) is 0 Å². The van der Waals surface area contributed by atoms with Crippen LogP contribution in [0.4, 0.5) is 13.2 Å². The van der Waals surface area contributed by atoms with E-state index in [0.29, 0.717) is 6.42 Å². The van der Waals surface area contributed by atoms with E-state index in [9.17, 15) is 21.6 Å². The van der Waals surface area contributed by atoms with Crippen LogP contribution in [0.5, 0.6) is 0 Å². The average molecular weight is 356 g/mol. The van der Waals surface area contributed by atoms with Crippen LogP contribution < -0.4 is 0 Å². The van der Waals surface area contributed by atoms with Gasteiger partial charge in [0.25, 0.3) is 0 Å². The lowest BCUT2D eigenvalue weighted by atomic mass is 9.91. The van der Waals surface area contributed by atoms with Crippen molar-refractivity contribution >= 4 is 32.4 Å². The van der Waals surface area contributed by atoms with Crippen molar-refractivity contribution in [1.82, 2.24) is 0 Å². The van der Waals surface area contributed by atoms with E-state index in [4.69, 9.17) is 0 Å². The topological polar surface area (TPSA) is 34.1 Å². The maximum atomic E-state index is 12.1. The lowest BCUT2D eigenvalue weighted by Gasteiger charge is -2.27. The third-order valence-electron chi connectivity index (χ3n) is 2.60. The van der Waals surface area contributed by atoms with E-state index in [1.165, 1.54) is 0 Å². The van der Waals surface area contributed by atoms with Gasteiger partial charge >= 0.3 is 5.51 Å². The predicted octanol–water partition coefficient (Wildman–Crippen LogP) is 2.91. The van der Waals surface area contributed by atoms with Gasteiger partial charge in [-0.1, -0.05) is 35.4 Å². The summed E-state index contributed by atoms with van der Waals surface area (Å²) in [7, 11) is -4.94. The molecule has 0 spiro atoms. The van der Waals surface area contributed by atoms with Crippen molar-refractivity contribution in [2.45, 2.75) is 35.1 Å². The van der Waals surface area contributed by atoms with Crippen LogP contribution in [0.25, 0.3) is 0 Å². The quantitative estimate of drug-likeness (QED) is 0.563. The number of sulfone groups is 1. The van der Waals surface area contributed by atoms with Gasteiger partial charge in [0.15, 0.2) is 0 Å². The SMILES string of the molecule is O=S(=O)(C[C@H]1CCCC[C@@H]1I)C(F)(F)F. The van der Waals surface area contributed by atoms with Crippen molar-refractivity contribution < 1.29 is 21.6 Å². The first kappa shape index (κ1) is 13.5. The summed E-state index contributed by atoms with van der Waals surface area (Å²) in [5.74, 6) is -1.09. The third-order valence-corrected chi connectivity index (χ3v) is 5.81. The van der Waals surface area contributed by atoms with Crippen molar-refractivity contribution in [2.75, 3.05) is 5.75 Å². The van der Waals surface area contributed by atoms with Crippen LogP contribution >= 0.6 is 22.6 Å². The van der Waals surface area contributed by atoms with Gasteiger partial charge in [0.1, 0.15) is 0 Å². The molecule has 2 atom stereocenters. The highest BCUT2D eigenvalue weighted by Gasteiger charge is 2.47. The van der Waals surface area contributed by atoms with Crippen LogP contribution in [0.1, 0.15) is 25.7 Å². The number of alkyl halides is 4. The summed E-state index contributed by atoms with van der Waals surface area (Å²) >= 11 is 2.06. The summed E-state index contributed by atoms with van der Waals surface area (Å²) in [5.41, 5.74) is -5.10. The maximum Gasteiger partial charge on any atom is 0.497 e. The molecule has 0 N–H and O–H groups in total. The van der Waals surface area contributed by atoms with E-state index in [-0.39, 0.29) is 9.84 Å². The highest BCUT2D eigenvalue weighted by atomic mass is 127. The molecule has 0 heterocycles. The largest absolute Gasteiger partial charge is 0.497 e. The molecule has 0 aromatic carbocycles. The highest BCUT2D eigenvalue weighted by Crippen LogP contribution is 2.34. The summed E-state index contributed by atoms with van der Waals surface area (Å²) < 4.78 is 58.3. The summed E-state index contributed by atoms with van der Waals surface area (Å²) in [4.78, 5) is 0. The fourth-order valence-corrected chi connectivity index (χ4v) is 4.28. The van der Waals surface area contributed by atoms with Crippen molar-refractivity contribution in [3.8, 4) is 0 Å². The second kappa shape index (κ2) is 4.77. The molecule has 0 radical (unpaired) electrons. The molecule has 1 rings (SSSR count). The summed E-state index contributed by atoms with van der Waals surface area (Å²) in [5, 5.41) is 0. The fraction of sp³-hybridized carbons (Fsp3) is 1.00. The van der Waals surface area contributed by atoms with Crippen LogP contribution in [0.3, 0.4) is 0 Å². The number of rotatable bonds is 2. The molecular formula is C8H12F3IO2S. The standard InChI is InChI=1S/C8H12F3IO2S/c9-8(10,11)15(13,14)5-6-3-1-2-4-7(6)12/h6-7H,1-5H2/t6-,7+/m1/s1. The first-order valence-corrected chi connectivity index (χ1v) is 7.57. The Kier molecular flexibility index (Phi) is 4.30. The minimum Gasteiger partial charge on any atom is -0.220 e. The zero-order valence-electron chi connectivity index (χ0n) is 7.93. The molecule has 1 aliphatic carbocycles. The van der Waals surface area contributed by atoms with Crippen LogP contribution in [-0.4, -0.2) is 23.6 Å². The Bertz CT molecular complexity index is 312. The monoisotopic (exact) mass is 356 g/mol. The highest BCUT2D eigenvalue weighted by molar-refractivity contribution is 14.1. The van der Waals surface area contributed by atoms with Gasteiger partial charge in [0, 0.05) is 3.92 Å². The minimum absolute atomic E-state index is 0.0495. The van der Waals surface area contributed by atoms with E-state index in [0.717, 1.165) is 19.3 Å². The summed E-state index contributed by atoms with van der Waals surface area (Å²) in [6.07, 6.45) is 3.22. The van der Waals surface area contributed by atoms with Gasteiger partial charge in [-0.05, 0) is 18.8 Å². The van der Waals surface area contributed by atoms with Gasteiger partial charge in [0.05, 0.1) is 5.75 Å². The number of hydrogen-bond donors (Lipinski definition) is 0. The van der Waals surface area contributed by atoms with E-state index in [1.807, 2.05) is 0 Å². The molecule has 0 bridgehead atoms. The molecule has 1 saturated carbocycles. The summed E-state index contributed by atoms with van der Waals surface area (Å²) in [6.45, 7) is 0. The summed E-state index contributed by atoms with van der Waals surface area (Å²) in [6, 6.07) is 0. The molecule has 1 fully saturated rings. The molecule has 1 aliphatic rings. The van der Waals surface area contributed by atoms with Crippen LogP contribution in [0.15, 0.2) is 0 Å². The van der Waals surface area contributed by atoms with E-state index < -0.39 is 21.1 Å². The smallest absolute Gasteiger partial charge is 0.220 e. The zero-order chi connectivity index (χ0) is 11.7. The Morgan fingerprint density at radius 1 is 1.20 bits per heavy atom. The molecule has 0 amide bonds. The number of hydrogen-bond acceptors (Lipinski definition) is 2. The maximum absolute atomic E-state index is 12.1. The Morgan fingerprint density at radius 3 is 2.20 bits per heavy atom. The Labute approximate surface area is 101 Å². The van der Waals surface area contributed by atoms with E-state index in [1.54, 1.807) is 0 Å². The van der Waals surface area contributed by atoms with Crippen LogP contribution in [0.2, 0.25) is 0 Å². The lowest BCUT2D eigenvalue weighted by molar-refractivity contribution is -0.0439. The molecule has 2 nitrogen and oxygen atoms in total. The van der Waals surface area contributed by atoms with Crippen LogP contribution in [-0.2, 0) is 9.84 Å². The fourth-order valence-electron chi connectivity index (χ4n) is 1.73. The van der Waals surface area contributed by atoms with Crippen molar-refractivity contribution in [2.24, 2.45) is 5.92 Å². The lowest BCUT2D eigenvalue weighted by Crippen LogP contribution is -2.34. The molecule has 0 aromatic heterocycles. The Balaban J connectivity index is 2.69. The van der Waals surface area contributed by atoms with Gasteiger partial charge < -0.3 is 0 Å². The predicted molar refractivity (Wildman–Crippen MR) is 59.6 cm³/mol. The first-order chi connectivity index (χ1) is 6.74. The first-order valence-electron chi connectivity index (χ1n) is 4.67. The molecule has 7 heteroatoms. The normalized spacial score (nSPS) is 29.1. The van der Waals surface area contributed by atoms with Gasteiger partial charge in [-0.15, -0.1) is 0 Å². The molecule has 90 valence electrons. The average Bonchev–Trinajstić information content (AvgIpc) is 2.06. The van der Waals surface area contributed by atoms with Gasteiger partial charge in [-0.2, -0.15) is 13.2 Å². The van der Waals surface area contributed by atoms with E-state index in [2.05, 4.69) is 22.6 Å². The molecular weight excluding hydrogens is 344 g/mol.